The number of hydrogen-bond acceptors (Lipinski definition) is 7. The molecule has 3 saturated heterocycles. The summed E-state index contributed by atoms with van der Waals surface area (Å²) in [6, 6.07) is 9.37. The molecular formula is C23H33N5O5. The molecule has 33 heavy (non-hydrogen) atoms. The smallest absolute Gasteiger partial charge is 0.248 e. The third kappa shape index (κ3) is 5.63. The Hall–Kier alpha value is -2.69. The van der Waals surface area contributed by atoms with E-state index in [2.05, 4.69) is 22.3 Å². The molecule has 3 aliphatic rings. The van der Waals surface area contributed by atoms with Gasteiger partial charge in [-0.1, -0.05) is 18.2 Å². The van der Waals surface area contributed by atoms with Gasteiger partial charge in [-0.15, -0.1) is 0 Å². The van der Waals surface area contributed by atoms with Gasteiger partial charge in [0.05, 0.1) is 25.2 Å². The van der Waals surface area contributed by atoms with Gasteiger partial charge in [0.25, 0.3) is 0 Å². The van der Waals surface area contributed by atoms with Crippen molar-refractivity contribution in [1.29, 1.82) is 0 Å². The van der Waals surface area contributed by atoms with Crippen LogP contribution in [0.1, 0.15) is 12.8 Å². The monoisotopic (exact) mass is 459 g/mol. The highest BCUT2D eigenvalue weighted by molar-refractivity contribution is 5.90. The highest BCUT2D eigenvalue weighted by Crippen LogP contribution is 2.27. The van der Waals surface area contributed by atoms with E-state index >= 15 is 0 Å². The molecule has 1 aromatic carbocycles. The Balaban J connectivity index is 1.34. The summed E-state index contributed by atoms with van der Waals surface area (Å²) in [4.78, 5) is 44.2. The zero-order valence-corrected chi connectivity index (χ0v) is 18.8. The second-order valence-electron chi connectivity index (χ2n) is 8.92. The first kappa shape index (κ1) is 23.5. The molecule has 3 atom stereocenters. The molecular weight excluding hydrogens is 426 g/mol. The maximum absolute atomic E-state index is 13.3. The number of amides is 3. The van der Waals surface area contributed by atoms with Gasteiger partial charge >= 0.3 is 0 Å². The molecule has 10 nitrogen and oxygen atoms in total. The van der Waals surface area contributed by atoms with Crippen LogP contribution in [-0.2, 0) is 19.1 Å². The Kier molecular flexibility index (Phi) is 7.79. The van der Waals surface area contributed by atoms with Crippen molar-refractivity contribution >= 4 is 23.4 Å². The van der Waals surface area contributed by atoms with E-state index in [1.54, 1.807) is 15.3 Å². The summed E-state index contributed by atoms with van der Waals surface area (Å²) in [7, 11) is 0. The van der Waals surface area contributed by atoms with Crippen LogP contribution in [0.4, 0.5) is 5.69 Å². The molecule has 0 saturated carbocycles. The zero-order chi connectivity index (χ0) is 23.2. The van der Waals surface area contributed by atoms with Crippen LogP contribution in [0.15, 0.2) is 30.3 Å². The number of nitrogens with one attached hydrogen (secondary N) is 2. The molecule has 3 aliphatic heterocycles. The van der Waals surface area contributed by atoms with Crippen LogP contribution in [0, 0.1) is 11.8 Å². The van der Waals surface area contributed by atoms with Crippen LogP contribution in [0.2, 0.25) is 0 Å². The lowest BCUT2D eigenvalue weighted by Gasteiger charge is -2.41. The fraction of sp³-hybridized carbons (Fsp3) is 0.609. The zero-order valence-electron chi connectivity index (χ0n) is 18.8. The predicted molar refractivity (Wildman–Crippen MR) is 121 cm³/mol. The first-order chi connectivity index (χ1) is 16.1. The Morgan fingerprint density at radius 2 is 1.70 bits per heavy atom. The molecule has 0 aliphatic carbocycles. The van der Waals surface area contributed by atoms with E-state index < -0.39 is 17.9 Å². The normalized spacial score (nSPS) is 26.1. The average molecular weight is 460 g/mol. The van der Waals surface area contributed by atoms with Gasteiger partial charge in [0.2, 0.25) is 17.7 Å². The number of benzene rings is 1. The molecule has 0 spiro atoms. The third-order valence-electron chi connectivity index (χ3n) is 6.87. The first-order valence-electron chi connectivity index (χ1n) is 11.7. The van der Waals surface area contributed by atoms with E-state index in [9.17, 15) is 19.6 Å². The first-order valence-corrected chi connectivity index (χ1v) is 11.7. The van der Waals surface area contributed by atoms with Gasteiger partial charge in [-0.25, -0.2) is 5.48 Å². The Morgan fingerprint density at radius 3 is 2.36 bits per heavy atom. The Morgan fingerprint density at radius 1 is 1.00 bits per heavy atom. The maximum Gasteiger partial charge on any atom is 0.248 e. The van der Waals surface area contributed by atoms with Crippen molar-refractivity contribution in [3.05, 3.63) is 30.3 Å². The Labute approximate surface area is 193 Å². The number of carbonyl (C=O) groups is 3. The number of para-hydroxylation sites is 1. The predicted octanol–water partition coefficient (Wildman–Crippen LogP) is -0.316. The fourth-order valence-electron chi connectivity index (χ4n) is 4.98. The molecule has 3 amide bonds. The molecule has 10 heteroatoms. The Bertz CT molecular complexity index is 824. The van der Waals surface area contributed by atoms with Crippen molar-refractivity contribution in [3.63, 3.8) is 0 Å². The molecule has 4 rings (SSSR count). The summed E-state index contributed by atoms with van der Waals surface area (Å²) in [6.07, 6.45) is 0.675. The molecule has 3 fully saturated rings. The van der Waals surface area contributed by atoms with E-state index in [0.717, 1.165) is 18.8 Å². The number of rotatable bonds is 5. The minimum absolute atomic E-state index is 0.0371. The summed E-state index contributed by atoms with van der Waals surface area (Å²) in [5.41, 5.74) is 2.85. The number of ether oxygens (including phenoxy) is 1. The van der Waals surface area contributed by atoms with Crippen molar-refractivity contribution in [1.82, 2.24) is 20.6 Å². The topological polar surface area (TPSA) is 114 Å². The van der Waals surface area contributed by atoms with Crippen molar-refractivity contribution < 1.29 is 24.3 Å². The lowest BCUT2D eigenvalue weighted by molar-refractivity contribution is -0.145. The number of carbonyl (C=O) groups excluding carboxylic acids is 3. The standard InChI is InChI=1S/C23H33N5O5/c29-20(27-10-12-33-13-11-27)15-17-14-19(22(30)25-32)21(24-16-17)23(31)28-8-6-26(7-9-28)18-4-2-1-3-5-18/h1-5,17,19,21,24,32H,6-16H2,(H,25,30)/t17?,19-,21-/m0/s1. The molecule has 180 valence electrons. The van der Waals surface area contributed by atoms with Crippen LogP contribution in [0.25, 0.3) is 0 Å². The minimum atomic E-state index is -0.731. The number of hydrogen-bond donors (Lipinski definition) is 3. The average Bonchev–Trinajstić information content (AvgIpc) is 2.89. The largest absolute Gasteiger partial charge is 0.378 e. The number of nitrogens with zero attached hydrogens (tertiary/aromatic N) is 3. The number of morpholine rings is 1. The SMILES string of the molecule is O=C(NO)[C@H]1CC(CC(=O)N2CCOCC2)CN[C@@H]1C(=O)N1CCN(c2ccccc2)CC1. The molecule has 0 aromatic heterocycles. The molecule has 1 unspecified atom stereocenters. The van der Waals surface area contributed by atoms with Gasteiger partial charge in [-0.2, -0.15) is 0 Å². The number of piperazine rings is 1. The summed E-state index contributed by atoms with van der Waals surface area (Å²) < 4.78 is 5.30. The molecule has 0 radical (unpaired) electrons. The summed E-state index contributed by atoms with van der Waals surface area (Å²) >= 11 is 0. The van der Waals surface area contributed by atoms with Crippen LogP contribution in [-0.4, -0.2) is 97.8 Å². The molecule has 1 aromatic rings. The van der Waals surface area contributed by atoms with Crippen molar-refractivity contribution in [2.24, 2.45) is 11.8 Å². The van der Waals surface area contributed by atoms with Gasteiger partial charge in [0.1, 0.15) is 0 Å². The third-order valence-corrected chi connectivity index (χ3v) is 6.87. The van der Waals surface area contributed by atoms with E-state index in [1.807, 2.05) is 18.2 Å². The van der Waals surface area contributed by atoms with Gasteiger partial charge in [0, 0.05) is 51.4 Å². The fourth-order valence-corrected chi connectivity index (χ4v) is 4.98. The van der Waals surface area contributed by atoms with Crippen molar-refractivity contribution in [2.45, 2.75) is 18.9 Å². The summed E-state index contributed by atoms with van der Waals surface area (Å²) in [6.45, 7) is 5.29. The van der Waals surface area contributed by atoms with Crippen molar-refractivity contribution in [2.75, 3.05) is 63.9 Å². The molecule has 3 N–H and O–H groups in total. The van der Waals surface area contributed by atoms with E-state index in [0.29, 0.717) is 58.8 Å². The van der Waals surface area contributed by atoms with Gasteiger partial charge in [-0.3, -0.25) is 19.6 Å². The van der Waals surface area contributed by atoms with Crippen LogP contribution in [0.3, 0.4) is 0 Å². The lowest BCUT2D eigenvalue weighted by atomic mass is 9.81. The highest BCUT2D eigenvalue weighted by atomic mass is 16.5. The lowest BCUT2D eigenvalue weighted by Crippen LogP contribution is -2.61. The maximum atomic E-state index is 13.3. The van der Waals surface area contributed by atoms with Crippen molar-refractivity contribution in [3.8, 4) is 0 Å². The number of hydroxylamine groups is 1. The summed E-state index contributed by atoms with van der Waals surface area (Å²) in [5.74, 6) is -1.50. The number of anilines is 1. The van der Waals surface area contributed by atoms with Crippen LogP contribution < -0.4 is 15.7 Å². The van der Waals surface area contributed by atoms with Gasteiger partial charge < -0.3 is 24.8 Å². The van der Waals surface area contributed by atoms with Gasteiger partial charge in [0.15, 0.2) is 0 Å². The van der Waals surface area contributed by atoms with E-state index in [-0.39, 0.29) is 17.7 Å². The quantitative estimate of drug-likeness (QED) is 0.409. The van der Waals surface area contributed by atoms with Crippen LogP contribution >= 0.6 is 0 Å². The minimum Gasteiger partial charge on any atom is -0.378 e. The van der Waals surface area contributed by atoms with Gasteiger partial charge in [-0.05, 0) is 31.0 Å². The number of piperidine rings is 1. The van der Waals surface area contributed by atoms with E-state index in [4.69, 9.17) is 4.74 Å². The summed E-state index contributed by atoms with van der Waals surface area (Å²) in [5, 5.41) is 12.5. The second kappa shape index (κ2) is 11.0. The van der Waals surface area contributed by atoms with E-state index in [1.165, 1.54) is 0 Å². The molecule has 0 bridgehead atoms. The second-order valence-corrected chi connectivity index (χ2v) is 8.92. The molecule has 3 heterocycles. The highest BCUT2D eigenvalue weighted by Gasteiger charge is 2.42. The van der Waals surface area contributed by atoms with Crippen LogP contribution in [0.5, 0.6) is 0 Å².